The molecule has 13 heavy (non-hydrogen) atoms. The molecule has 0 aromatic carbocycles. The summed E-state index contributed by atoms with van der Waals surface area (Å²) in [5, 5.41) is 1.98. The number of carbonyl (C=O) groups is 1. The number of hydrogen-bond donors (Lipinski definition) is 1. The Morgan fingerprint density at radius 2 is 2.23 bits per heavy atom. The summed E-state index contributed by atoms with van der Waals surface area (Å²) in [6, 6.07) is -0.251. The van der Waals surface area contributed by atoms with Gasteiger partial charge in [0, 0.05) is 6.04 Å². The van der Waals surface area contributed by atoms with E-state index in [1.54, 1.807) is 6.92 Å². The molecule has 0 unspecified atom stereocenters. The normalized spacial score (nSPS) is 28.3. The predicted octanol–water partition coefficient (Wildman–Crippen LogP) is -0.0830. The second-order valence-corrected chi connectivity index (χ2v) is 6.11. The van der Waals surface area contributed by atoms with Crippen LogP contribution in [0.2, 0.25) is 0 Å². The number of halogens is 1. The second kappa shape index (κ2) is 3.84. The Morgan fingerprint density at radius 3 is 2.62 bits per heavy atom. The van der Waals surface area contributed by atoms with Crippen molar-refractivity contribution in [2.24, 2.45) is 0 Å². The summed E-state index contributed by atoms with van der Waals surface area (Å²) in [6.45, 7) is 1.56. The number of alkyl halides is 1. The summed E-state index contributed by atoms with van der Waals surface area (Å²) in [7, 11) is -2.92. The highest BCUT2D eigenvalue weighted by Crippen LogP contribution is 2.11. The van der Waals surface area contributed by atoms with E-state index in [0.29, 0.717) is 6.42 Å². The first-order valence-electron chi connectivity index (χ1n) is 4.05. The maximum Gasteiger partial charge on any atom is 0.238 e. The van der Waals surface area contributed by atoms with Crippen LogP contribution in [0.5, 0.6) is 0 Å². The number of nitrogens with one attached hydrogen (secondary N) is 1. The van der Waals surface area contributed by atoms with Crippen LogP contribution in [-0.2, 0) is 14.6 Å². The Morgan fingerprint density at radius 1 is 1.62 bits per heavy atom. The first kappa shape index (κ1) is 10.8. The van der Waals surface area contributed by atoms with Crippen LogP contribution in [0, 0.1) is 0 Å². The lowest BCUT2D eigenvalue weighted by Crippen LogP contribution is -2.39. The molecule has 1 rings (SSSR count). The van der Waals surface area contributed by atoms with E-state index < -0.39 is 15.2 Å². The first-order chi connectivity index (χ1) is 5.91. The van der Waals surface area contributed by atoms with Gasteiger partial charge >= 0.3 is 0 Å². The van der Waals surface area contributed by atoms with E-state index >= 15 is 0 Å². The van der Waals surface area contributed by atoms with Gasteiger partial charge in [-0.1, -0.05) is 0 Å². The summed E-state index contributed by atoms with van der Waals surface area (Å²) in [6.07, 6.45) is 0.498. The highest BCUT2D eigenvalue weighted by atomic mass is 35.5. The molecule has 4 nitrogen and oxygen atoms in total. The smallest absolute Gasteiger partial charge is 0.238 e. The van der Waals surface area contributed by atoms with Crippen molar-refractivity contribution >= 4 is 27.3 Å². The fraction of sp³-hybridized carbons (Fsp3) is 0.857. The van der Waals surface area contributed by atoms with Gasteiger partial charge in [-0.25, -0.2) is 8.42 Å². The predicted molar refractivity (Wildman–Crippen MR) is 50.5 cm³/mol. The third-order valence-corrected chi connectivity index (χ3v) is 3.91. The average Bonchev–Trinajstić information content (AvgIpc) is 2.30. The van der Waals surface area contributed by atoms with Gasteiger partial charge in [0.15, 0.2) is 9.84 Å². The molecule has 0 saturated carbocycles. The van der Waals surface area contributed by atoms with E-state index in [1.165, 1.54) is 0 Å². The van der Waals surface area contributed by atoms with Crippen LogP contribution in [0.25, 0.3) is 0 Å². The molecule has 2 atom stereocenters. The van der Waals surface area contributed by atoms with Crippen LogP contribution < -0.4 is 5.32 Å². The van der Waals surface area contributed by atoms with Crippen molar-refractivity contribution in [3.05, 3.63) is 0 Å². The molecule has 1 saturated heterocycles. The van der Waals surface area contributed by atoms with Crippen LogP contribution in [0.1, 0.15) is 13.3 Å². The van der Waals surface area contributed by atoms with E-state index in [2.05, 4.69) is 5.32 Å². The fourth-order valence-electron chi connectivity index (χ4n) is 1.22. The number of carbonyl (C=O) groups excluding carboxylic acids is 1. The van der Waals surface area contributed by atoms with Crippen molar-refractivity contribution < 1.29 is 13.2 Å². The fourth-order valence-corrected chi connectivity index (χ4v) is 2.96. The molecule has 0 aromatic heterocycles. The lowest BCUT2D eigenvalue weighted by Gasteiger charge is -2.11. The maximum absolute atomic E-state index is 11.1. The van der Waals surface area contributed by atoms with Gasteiger partial charge in [0.05, 0.1) is 11.5 Å². The minimum atomic E-state index is -2.92. The molecule has 1 aliphatic rings. The largest absolute Gasteiger partial charge is 0.351 e. The number of sulfone groups is 1. The Bertz CT molecular complexity index is 299. The van der Waals surface area contributed by atoms with E-state index in [-0.39, 0.29) is 23.5 Å². The molecule has 0 aliphatic carbocycles. The molecule has 0 aromatic rings. The van der Waals surface area contributed by atoms with Crippen LogP contribution in [-0.4, -0.2) is 37.2 Å². The highest BCUT2D eigenvalue weighted by Gasteiger charge is 2.29. The molecule has 1 heterocycles. The van der Waals surface area contributed by atoms with Crippen molar-refractivity contribution in [3.63, 3.8) is 0 Å². The van der Waals surface area contributed by atoms with E-state index in [1.807, 2.05) is 0 Å². The van der Waals surface area contributed by atoms with Gasteiger partial charge in [-0.05, 0) is 13.3 Å². The first-order valence-corrected chi connectivity index (χ1v) is 6.31. The van der Waals surface area contributed by atoms with Gasteiger partial charge in [-0.2, -0.15) is 0 Å². The Labute approximate surface area is 82.6 Å². The topological polar surface area (TPSA) is 63.2 Å². The third kappa shape index (κ3) is 3.15. The monoisotopic (exact) mass is 225 g/mol. The standard InChI is InChI=1S/C7H12ClNO3S/c1-5(8)7(10)9-6-2-3-13(11,12)4-6/h5-6H,2-4H2,1H3,(H,9,10)/t5-,6+/m0/s1. The quantitative estimate of drug-likeness (QED) is 0.669. The molecule has 0 bridgehead atoms. The van der Waals surface area contributed by atoms with Gasteiger partial charge in [0.25, 0.3) is 0 Å². The van der Waals surface area contributed by atoms with Crippen molar-refractivity contribution in [1.29, 1.82) is 0 Å². The zero-order valence-corrected chi connectivity index (χ0v) is 8.86. The Balaban J connectivity index is 2.46. The molecule has 1 fully saturated rings. The molecule has 0 spiro atoms. The van der Waals surface area contributed by atoms with Gasteiger partial charge in [-0.15, -0.1) is 11.6 Å². The minimum Gasteiger partial charge on any atom is -0.351 e. The maximum atomic E-state index is 11.1. The van der Waals surface area contributed by atoms with Crippen LogP contribution >= 0.6 is 11.6 Å². The molecule has 1 amide bonds. The molecule has 0 radical (unpaired) electrons. The third-order valence-electron chi connectivity index (χ3n) is 1.94. The summed E-state index contributed by atoms with van der Waals surface area (Å²) < 4.78 is 22.0. The highest BCUT2D eigenvalue weighted by molar-refractivity contribution is 7.91. The van der Waals surface area contributed by atoms with Crippen LogP contribution in [0.4, 0.5) is 0 Å². The molecular weight excluding hydrogens is 214 g/mol. The summed E-state index contributed by atoms with van der Waals surface area (Å²) >= 11 is 5.52. The minimum absolute atomic E-state index is 0.0440. The van der Waals surface area contributed by atoms with Gasteiger partial charge < -0.3 is 5.32 Å². The zero-order valence-electron chi connectivity index (χ0n) is 7.29. The van der Waals surface area contributed by atoms with Crippen LogP contribution in [0.3, 0.4) is 0 Å². The van der Waals surface area contributed by atoms with Gasteiger partial charge in [0.1, 0.15) is 5.38 Å². The van der Waals surface area contributed by atoms with Crippen molar-refractivity contribution in [3.8, 4) is 0 Å². The average molecular weight is 226 g/mol. The Kier molecular flexibility index (Phi) is 3.18. The van der Waals surface area contributed by atoms with Crippen molar-refractivity contribution in [2.75, 3.05) is 11.5 Å². The van der Waals surface area contributed by atoms with Crippen molar-refractivity contribution in [1.82, 2.24) is 5.32 Å². The summed E-state index contributed by atoms with van der Waals surface area (Å²) in [4.78, 5) is 11.1. The Hall–Kier alpha value is -0.290. The van der Waals surface area contributed by atoms with E-state index in [0.717, 1.165) is 0 Å². The van der Waals surface area contributed by atoms with Crippen LogP contribution in [0.15, 0.2) is 0 Å². The van der Waals surface area contributed by atoms with Crippen molar-refractivity contribution in [2.45, 2.75) is 24.8 Å². The zero-order chi connectivity index (χ0) is 10.1. The molecule has 1 N–H and O–H groups in total. The lowest BCUT2D eigenvalue weighted by molar-refractivity contribution is -0.121. The van der Waals surface area contributed by atoms with Gasteiger partial charge in [-0.3, -0.25) is 4.79 Å². The summed E-state index contributed by atoms with van der Waals surface area (Å²) in [5.74, 6) is -0.0967. The molecule has 1 aliphatic heterocycles. The number of amides is 1. The van der Waals surface area contributed by atoms with E-state index in [4.69, 9.17) is 11.6 Å². The SMILES string of the molecule is C[C@H](Cl)C(=O)N[C@@H]1CCS(=O)(=O)C1. The number of hydrogen-bond acceptors (Lipinski definition) is 3. The summed E-state index contributed by atoms with van der Waals surface area (Å²) in [5.41, 5.74) is 0. The van der Waals surface area contributed by atoms with Gasteiger partial charge in [0.2, 0.25) is 5.91 Å². The molecule has 6 heteroatoms. The molecular formula is C7H12ClNO3S. The molecule has 76 valence electrons. The van der Waals surface area contributed by atoms with E-state index in [9.17, 15) is 13.2 Å². The number of rotatable bonds is 2. The lowest BCUT2D eigenvalue weighted by atomic mass is 10.2. The second-order valence-electron chi connectivity index (χ2n) is 3.22.